The van der Waals surface area contributed by atoms with Crippen LogP contribution in [0.25, 0.3) is 10.6 Å². The zero-order valence-electron chi connectivity index (χ0n) is 12.3. The zero-order valence-corrected chi connectivity index (χ0v) is 13.9. The highest BCUT2D eigenvalue weighted by Gasteiger charge is 2.22. The second-order valence-corrected chi connectivity index (χ2v) is 7.62. The van der Waals surface area contributed by atoms with Crippen molar-refractivity contribution in [2.24, 2.45) is 0 Å². The molecule has 1 aliphatic carbocycles. The quantitative estimate of drug-likeness (QED) is 0.785. The minimum Gasteiger partial charge on any atom is -0.309 e. The van der Waals surface area contributed by atoms with Crippen LogP contribution in [-0.2, 0) is 6.54 Å². The third-order valence-electron chi connectivity index (χ3n) is 3.51. The van der Waals surface area contributed by atoms with Crippen molar-refractivity contribution in [3.05, 3.63) is 34.6 Å². The topological polar surface area (TPSA) is 24.9 Å². The van der Waals surface area contributed by atoms with Crippen molar-refractivity contribution < 1.29 is 4.39 Å². The number of hydrogen-bond donors (Lipinski definition) is 1. The molecule has 0 bridgehead atoms. The van der Waals surface area contributed by atoms with Gasteiger partial charge in [0.05, 0.1) is 11.3 Å². The summed E-state index contributed by atoms with van der Waals surface area (Å²) in [5.74, 6) is 0.751. The Labute approximate surface area is 133 Å². The Bertz CT molecular complexity index is 635. The maximum atomic E-state index is 14.3. The summed E-state index contributed by atoms with van der Waals surface area (Å²) < 4.78 is 14.3. The number of thioether (sulfide) groups is 1. The molecule has 0 aliphatic heterocycles. The van der Waals surface area contributed by atoms with Crippen molar-refractivity contribution in [1.82, 2.24) is 10.3 Å². The predicted octanol–water partition coefficient (Wildman–Crippen LogP) is 4.62. The molecule has 0 atom stereocenters. The summed E-state index contributed by atoms with van der Waals surface area (Å²) in [5.41, 5.74) is 1.67. The Morgan fingerprint density at radius 3 is 2.95 bits per heavy atom. The standard InChI is InChI=1S/C16H19FN2S2/c1-3-20-13-6-4-5-12(17)15(13)16-19-10(2)14(21-16)9-18-11-7-8-11/h4-6,11,18H,3,7-9H2,1-2H3. The van der Waals surface area contributed by atoms with E-state index in [0.717, 1.165) is 27.9 Å². The summed E-state index contributed by atoms with van der Waals surface area (Å²) in [6.07, 6.45) is 2.55. The van der Waals surface area contributed by atoms with Crippen LogP contribution in [0, 0.1) is 12.7 Å². The second-order valence-electron chi connectivity index (χ2n) is 5.23. The fraction of sp³-hybridized carbons (Fsp3) is 0.438. The van der Waals surface area contributed by atoms with Gasteiger partial charge in [0, 0.05) is 22.4 Å². The average Bonchev–Trinajstić information content (AvgIpc) is 3.21. The first-order valence-corrected chi connectivity index (χ1v) is 9.10. The van der Waals surface area contributed by atoms with E-state index in [0.29, 0.717) is 11.6 Å². The number of benzene rings is 1. The molecule has 1 aromatic heterocycles. The maximum absolute atomic E-state index is 14.3. The first kappa shape index (κ1) is 15.0. The molecule has 0 amide bonds. The van der Waals surface area contributed by atoms with E-state index in [2.05, 4.69) is 17.2 Å². The van der Waals surface area contributed by atoms with Crippen molar-refractivity contribution in [2.75, 3.05) is 5.75 Å². The van der Waals surface area contributed by atoms with E-state index in [1.807, 2.05) is 13.0 Å². The summed E-state index contributed by atoms with van der Waals surface area (Å²) in [6.45, 7) is 4.94. The Balaban J connectivity index is 1.90. The molecule has 0 spiro atoms. The van der Waals surface area contributed by atoms with E-state index in [9.17, 15) is 4.39 Å². The van der Waals surface area contributed by atoms with Crippen molar-refractivity contribution in [3.63, 3.8) is 0 Å². The molecule has 2 nitrogen and oxygen atoms in total. The first-order valence-electron chi connectivity index (χ1n) is 7.30. The highest BCUT2D eigenvalue weighted by molar-refractivity contribution is 7.99. The fourth-order valence-corrected chi connectivity index (χ4v) is 4.17. The van der Waals surface area contributed by atoms with Gasteiger partial charge in [-0.2, -0.15) is 0 Å². The summed E-state index contributed by atoms with van der Waals surface area (Å²) in [4.78, 5) is 6.80. The average molecular weight is 322 g/mol. The maximum Gasteiger partial charge on any atom is 0.134 e. The molecule has 21 heavy (non-hydrogen) atoms. The van der Waals surface area contributed by atoms with Crippen LogP contribution in [0.1, 0.15) is 30.3 Å². The lowest BCUT2D eigenvalue weighted by molar-refractivity contribution is 0.628. The Hall–Kier alpha value is -0.910. The number of hydrogen-bond acceptors (Lipinski definition) is 4. The molecule has 112 valence electrons. The monoisotopic (exact) mass is 322 g/mol. The van der Waals surface area contributed by atoms with E-state index in [1.165, 1.54) is 23.8 Å². The predicted molar refractivity (Wildman–Crippen MR) is 88.5 cm³/mol. The summed E-state index contributed by atoms with van der Waals surface area (Å²) in [7, 11) is 0. The number of nitrogens with one attached hydrogen (secondary N) is 1. The fourth-order valence-electron chi connectivity index (χ4n) is 2.21. The first-order chi connectivity index (χ1) is 10.2. The number of halogens is 1. The number of thiazole rings is 1. The molecule has 1 aliphatic rings. The lowest BCUT2D eigenvalue weighted by Gasteiger charge is -2.06. The third kappa shape index (κ3) is 3.47. The van der Waals surface area contributed by atoms with Gasteiger partial charge in [0.2, 0.25) is 0 Å². The summed E-state index contributed by atoms with van der Waals surface area (Å²) >= 11 is 3.27. The number of aromatic nitrogens is 1. The van der Waals surface area contributed by atoms with Crippen LogP contribution in [0.4, 0.5) is 4.39 Å². The van der Waals surface area contributed by atoms with Crippen molar-refractivity contribution >= 4 is 23.1 Å². The van der Waals surface area contributed by atoms with Crippen molar-refractivity contribution in [3.8, 4) is 10.6 Å². The van der Waals surface area contributed by atoms with Crippen LogP contribution in [0.3, 0.4) is 0 Å². The number of aryl methyl sites for hydroxylation is 1. The van der Waals surface area contributed by atoms with Gasteiger partial charge in [0.1, 0.15) is 10.8 Å². The summed E-state index contributed by atoms with van der Waals surface area (Å²) in [6, 6.07) is 5.95. The normalized spacial score (nSPS) is 14.6. The van der Waals surface area contributed by atoms with Crippen molar-refractivity contribution in [1.29, 1.82) is 0 Å². The smallest absolute Gasteiger partial charge is 0.134 e. The van der Waals surface area contributed by atoms with E-state index >= 15 is 0 Å². The zero-order chi connectivity index (χ0) is 14.8. The molecule has 0 saturated heterocycles. The lowest BCUT2D eigenvalue weighted by Crippen LogP contribution is -2.14. The molecule has 0 unspecified atom stereocenters. The molecule has 1 fully saturated rings. The highest BCUT2D eigenvalue weighted by Crippen LogP contribution is 2.37. The van der Waals surface area contributed by atoms with Gasteiger partial charge in [-0.15, -0.1) is 23.1 Å². The molecule has 1 saturated carbocycles. The molecule has 0 radical (unpaired) electrons. The second kappa shape index (κ2) is 6.46. The largest absolute Gasteiger partial charge is 0.309 e. The molecule has 1 N–H and O–H groups in total. The van der Waals surface area contributed by atoms with E-state index in [1.54, 1.807) is 29.2 Å². The minimum absolute atomic E-state index is 0.177. The van der Waals surface area contributed by atoms with Gasteiger partial charge in [-0.25, -0.2) is 9.37 Å². The number of nitrogens with zero attached hydrogens (tertiary/aromatic N) is 1. The molecule has 2 aromatic rings. The van der Waals surface area contributed by atoms with Crippen LogP contribution in [-0.4, -0.2) is 16.8 Å². The van der Waals surface area contributed by atoms with Crippen LogP contribution < -0.4 is 5.32 Å². The van der Waals surface area contributed by atoms with Gasteiger partial charge in [0.15, 0.2) is 0 Å². The lowest BCUT2D eigenvalue weighted by atomic mass is 10.2. The van der Waals surface area contributed by atoms with E-state index < -0.39 is 0 Å². The molecule has 1 aromatic carbocycles. The van der Waals surface area contributed by atoms with Gasteiger partial charge in [-0.05, 0) is 37.7 Å². The Morgan fingerprint density at radius 1 is 1.43 bits per heavy atom. The molecule has 5 heteroatoms. The van der Waals surface area contributed by atoms with Gasteiger partial charge in [0.25, 0.3) is 0 Å². The van der Waals surface area contributed by atoms with Gasteiger partial charge >= 0.3 is 0 Å². The molecule has 1 heterocycles. The van der Waals surface area contributed by atoms with Crippen LogP contribution >= 0.6 is 23.1 Å². The highest BCUT2D eigenvalue weighted by atomic mass is 32.2. The Morgan fingerprint density at radius 2 is 2.24 bits per heavy atom. The van der Waals surface area contributed by atoms with Gasteiger partial charge in [-0.3, -0.25) is 0 Å². The van der Waals surface area contributed by atoms with Crippen molar-refractivity contribution in [2.45, 2.75) is 44.2 Å². The van der Waals surface area contributed by atoms with E-state index in [4.69, 9.17) is 0 Å². The Kier molecular flexibility index (Phi) is 4.62. The molecule has 3 rings (SSSR count). The van der Waals surface area contributed by atoms with Gasteiger partial charge in [-0.1, -0.05) is 13.0 Å². The molecular formula is C16H19FN2S2. The summed E-state index contributed by atoms with van der Waals surface area (Å²) in [5, 5.41) is 4.30. The van der Waals surface area contributed by atoms with Gasteiger partial charge < -0.3 is 5.32 Å². The molecular weight excluding hydrogens is 303 g/mol. The number of rotatable bonds is 6. The van der Waals surface area contributed by atoms with Crippen LogP contribution in [0.15, 0.2) is 23.1 Å². The minimum atomic E-state index is -0.177. The third-order valence-corrected chi connectivity index (χ3v) is 5.63. The SMILES string of the molecule is CCSc1cccc(F)c1-c1nc(C)c(CNC2CC2)s1. The van der Waals surface area contributed by atoms with E-state index in [-0.39, 0.29) is 5.82 Å². The van der Waals surface area contributed by atoms with Crippen LogP contribution in [0.2, 0.25) is 0 Å². The van der Waals surface area contributed by atoms with Crippen LogP contribution in [0.5, 0.6) is 0 Å².